The number of pyridine rings is 1. The highest BCUT2D eigenvalue weighted by Gasteiger charge is 2.33. The molecule has 0 unspecified atom stereocenters. The molecule has 3 aromatic rings. The number of fused-ring (bicyclic) bond motifs is 1. The number of carbonyl (C=O) groups is 1. The van der Waals surface area contributed by atoms with Crippen LogP contribution in [-0.2, 0) is 6.42 Å². The molecule has 7 nitrogen and oxygen atoms in total. The van der Waals surface area contributed by atoms with Crippen LogP contribution in [0.4, 0.5) is 27.8 Å². The van der Waals surface area contributed by atoms with Gasteiger partial charge < -0.3 is 15.8 Å². The number of carbonyl (C=O) groups excluding carboxylic acids is 1. The molecular weight excluding hydrogens is 533 g/mol. The summed E-state index contributed by atoms with van der Waals surface area (Å²) < 4.78 is 73.9. The van der Waals surface area contributed by atoms with Crippen molar-refractivity contribution < 1.29 is 31.5 Å². The number of hydrogen-bond donors (Lipinski definition) is 2. The van der Waals surface area contributed by atoms with E-state index in [0.29, 0.717) is 31.4 Å². The molecule has 1 aromatic heterocycles. The summed E-state index contributed by atoms with van der Waals surface area (Å²) in [6.07, 6.45) is -3.44. The second kappa shape index (κ2) is 10.7. The molecule has 0 radical (unpaired) electrons. The standard InChI is InChI=1S/C28H24F5N5O2/c29-23-12-20-16(3-6-36-27(20)39)10-21(23)22-11-19(25(30)37-26(22)35)15-1-2-24(17(9-15)13-34)40-18-4-7-38(8-5-18)14-28(31,32)33/h1-2,9-12,18H,3-8,14H2,(H2,35,37)(H,36,39). The van der Waals surface area contributed by atoms with Gasteiger partial charge in [-0.3, -0.25) is 9.69 Å². The number of likely N-dealkylation sites (tertiary alicyclic amines) is 1. The van der Waals surface area contributed by atoms with Crippen molar-refractivity contribution in [2.75, 3.05) is 31.9 Å². The molecule has 3 heterocycles. The van der Waals surface area contributed by atoms with Gasteiger partial charge in [0.05, 0.1) is 12.1 Å². The third kappa shape index (κ3) is 5.70. The van der Waals surface area contributed by atoms with E-state index in [1.165, 1.54) is 35.2 Å². The molecule has 0 spiro atoms. The van der Waals surface area contributed by atoms with E-state index in [4.69, 9.17) is 10.5 Å². The van der Waals surface area contributed by atoms with Crippen LogP contribution in [0, 0.1) is 23.1 Å². The number of hydrogen-bond acceptors (Lipinski definition) is 6. The number of halogens is 5. The molecular formula is C28H24F5N5O2. The van der Waals surface area contributed by atoms with Gasteiger partial charge in [-0.05, 0) is 60.7 Å². The van der Waals surface area contributed by atoms with E-state index in [2.05, 4.69) is 10.3 Å². The minimum Gasteiger partial charge on any atom is -0.489 e. The topological polar surface area (TPSA) is 104 Å². The zero-order valence-corrected chi connectivity index (χ0v) is 21.1. The first-order valence-electron chi connectivity index (χ1n) is 12.6. The molecule has 0 atom stereocenters. The molecule has 0 saturated carbocycles. The number of ether oxygens (including phenoxy) is 1. The highest BCUT2D eigenvalue weighted by atomic mass is 19.4. The average Bonchev–Trinajstić information content (AvgIpc) is 2.90. The Hall–Kier alpha value is -4.24. The Bertz CT molecular complexity index is 1510. The van der Waals surface area contributed by atoms with Crippen molar-refractivity contribution in [3.8, 4) is 34.1 Å². The molecule has 5 rings (SSSR count). The SMILES string of the molecule is N#Cc1cc(-c2cc(-c3cc4c(cc3F)C(=O)NCC4)c(N)nc2F)ccc1OC1CCN(CC(F)(F)F)CC1. The summed E-state index contributed by atoms with van der Waals surface area (Å²) >= 11 is 0. The Morgan fingerprint density at radius 1 is 1.07 bits per heavy atom. The van der Waals surface area contributed by atoms with Crippen LogP contribution in [0.25, 0.3) is 22.3 Å². The van der Waals surface area contributed by atoms with E-state index in [1.807, 2.05) is 6.07 Å². The van der Waals surface area contributed by atoms with Gasteiger partial charge in [0.2, 0.25) is 5.95 Å². The van der Waals surface area contributed by atoms with Gasteiger partial charge in [-0.15, -0.1) is 0 Å². The highest BCUT2D eigenvalue weighted by molar-refractivity contribution is 5.97. The highest BCUT2D eigenvalue weighted by Crippen LogP contribution is 2.36. The van der Waals surface area contributed by atoms with Gasteiger partial charge in [-0.2, -0.15) is 22.8 Å². The number of aromatic nitrogens is 1. The van der Waals surface area contributed by atoms with Crippen molar-refractivity contribution >= 4 is 11.7 Å². The maximum atomic E-state index is 15.1. The van der Waals surface area contributed by atoms with Gasteiger partial charge in [0.15, 0.2) is 0 Å². The summed E-state index contributed by atoms with van der Waals surface area (Å²) in [5.41, 5.74) is 7.36. The molecule has 1 amide bonds. The Morgan fingerprint density at radius 3 is 2.52 bits per heavy atom. The third-order valence-corrected chi connectivity index (χ3v) is 7.06. The molecule has 2 aliphatic heterocycles. The fourth-order valence-corrected chi connectivity index (χ4v) is 5.08. The number of amides is 1. The van der Waals surface area contributed by atoms with E-state index in [-0.39, 0.29) is 70.0 Å². The summed E-state index contributed by atoms with van der Waals surface area (Å²) in [4.78, 5) is 17.1. The Labute approximate surface area is 226 Å². The average molecular weight is 558 g/mol. The fraction of sp³-hybridized carbons (Fsp3) is 0.321. The van der Waals surface area contributed by atoms with E-state index < -0.39 is 24.5 Å². The number of benzene rings is 2. The Kier molecular flexibility index (Phi) is 7.33. The number of nitriles is 1. The lowest BCUT2D eigenvalue weighted by Crippen LogP contribution is -2.42. The molecule has 2 aliphatic rings. The minimum absolute atomic E-state index is 0.0254. The van der Waals surface area contributed by atoms with Crippen LogP contribution in [0.2, 0.25) is 0 Å². The van der Waals surface area contributed by atoms with Crippen LogP contribution in [0.15, 0.2) is 36.4 Å². The largest absolute Gasteiger partial charge is 0.489 e. The normalized spacial score (nSPS) is 16.2. The number of piperidine rings is 1. The number of anilines is 1. The van der Waals surface area contributed by atoms with E-state index >= 15 is 4.39 Å². The molecule has 40 heavy (non-hydrogen) atoms. The second-order valence-corrected chi connectivity index (χ2v) is 9.79. The first kappa shape index (κ1) is 27.3. The zero-order valence-electron chi connectivity index (χ0n) is 21.1. The predicted octanol–water partition coefficient (Wildman–Crippen LogP) is 4.84. The molecule has 3 N–H and O–H groups in total. The first-order valence-corrected chi connectivity index (χ1v) is 12.6. The van der Waals surface area contributed by atoms with Crippen LogP contribution in [-0.4, -0.2) is 54.3 Å². The molecule has 208 valence electrons. The lowest BCUT2D eigenvalue weighted by Gasteiger charge is -2.32. The maximum absolute atomic E-state index is 15.1. The third-order valence-electron chi connectivity index (χ3n) is 7.06. The van der Waals surface area contributed by atoms with Crippen molar-refractivity contribution in [3.05, 3.63) is 64.9 Å². The van der Waals surface area contributed by atoms with Gasteiger partial charge in [0.1, 0.15) is 29.6 Å². The summed E-state index contributed by atoms with van der Waals surface area (Å²) in [7, 11) is 0. The van der Waals surface area contributed by atoms with Gasteiger partial charge in [0.25, 0.3) is 5.91 Å². The molecule has 0 bridgehead atoms. The smallest absolute Gasteiger partial charge is 0.401 e. The predicted molar refractivity (Wildman–Crippen MR) is 136 cm³/mol. The van der Waals surface area contributed by atoms with Crippen molar-refractivity contribution in [2.24, 2.45) is 0 Å². The Balaban J connectivity index is 1.41. The van der Waals surface area contributed by atoms with Crippen LogP contribution >= 0.6 is 0 Å². The molecule has 2 aromatic carbocycles. The van der Waals surface area contributed by atoms with Crippen molar-refractivity contribution in [1.29, 1.82) is 5.26 Å². The number of rotatable bonds is 5. The molecule has 0 aliphatic carbocycles. The molecule has 1 saturated heterocycles. The summed E-state index contributed by atoms with van der Waals surface area (Å²) in [6.45, 7) is -0.165. The number of nitrogens with zero attached hydrogens (tertiary/aromatic N) is 3. The maximum Gasteiger partial charge on any atom is 0.401 e. The molecule has 12 heteroatoms. The van der Waals surface area contributed by atoms with Gasteiger partial charge in [0, 0.05) is 41.9 Å². The number of nitrogens with two attached hydrogens (primary N) is 1. The lowest BCUT2D eigenvalue weighted by molar-refractivity contribution is -0.149. The zero-order chi connectivity index (χ0) is 28.6. The molecule has 1 fully saturated rings. The number of alkyl halides is 3. The monoisotopic (exact) mass is 557 g/mol. The van der Waals surface area contributed by atoms with Gasteiger partial charge >= 0.3 is 6.18 Å². The van der Waals surface area contributed by atoms with Gasteiger partial charge in [-0.25, -0.2) is 9.37 Å². The van der Waals surface area contributed by atoms with Crippen LogP contribution in [0.1, 0.15) is 34.3 Å². The van der Waals surface area contributed by atoms with Crippen molar-refractivity contribution in [3.63, 3.8) is 0 Å². The number of nitrogen functional groups attached to an aromatic ring is 1. The van der Waals surface area contributed by atoms with E-state index in [9.17, 15) is 27.6 Å². The van der Waals surface area contributed by atoms with Gasteiger partial charge in [-0.1, -0.05) is 6.07 Å². The second-order valence-electron chi connectivity index (χ2n) is 9.79. The van der Waals surface area contributed by atoms with E-state index in [0.717, 1.165) is 6.07 Å². The quantitative estimate of drug-likeness (QED) is 0.344. The Morgan fingerprint density at radius 2 is 1.82 bits per heavy atom. The first-order chi connectivity index (χ1) is 19.0. The summed E-state index contributed by atoms with van der Waals surface area (Å²) in [5, 5.41) is 12.4. The fourth-order valence-electron chi connectivity index (χ4n) is 5.08. The van der Waals surface area contributed by atoms with E-state index in [1.54, 1.807) is 0 Å². The van der Waals surface area contributed by atoms with Crippen LogP contribution in [0.5, 0.6) is 5.75 Å². The summed E-state index contributed by atoms with van der Waals surface area (Å²) in [6, 6.07) is 10.4. The van der Waals surface area contributed by atoms with Crippen LogP contribution < -0.4 is 15.8 Å². The minimum atomic E-state index is -4.27. The lowest BCUT2D eigenvalue weighted by atomic mass is 9.93. The van der Waals surface area contributed by atoms with Crippen molar-refractivity contribution in [1.82, 2.24) is 15.2 Å². The van der Waals surface area contributed by atoms with Crippen LogP contribution in [0.3, 0.4) is 0 Å². The van der Waals surface area contributed by atoms with Crippen molar-refractivity contribution in [2.45, 2.75) is 31.5 Å². The summed E-state index contributed by atoms with van der Waals surface area (Å²) in [5.74, 6) is -2.03. The number of nitrogens with one attached hydrogen (secondary N) is 1.